The number of carbonyl (C=O) groups excluding carboxylic acids is 1. The quantitative estimate of drug-likeness (QED) is 0.521. The van der Waals surface area contributed by atoms with E-state index in [1.54, 1.807) is 0 Å². The summed E-state index contributed by atoms with van der Waals surface area (Å²) >= 11 is 0. The number of likely N-dealkylation sites (tertiary alicyclic amines) is 1. The molecule has 1 aromatic carbocycles. The summed E-state index contributed by atoms with van der Waals surface area (Å²) in [5, 5.41) is 10.7. The minimum atomic E-state index is -4.57. The molecule has 0 unspecified atom stereocenters. The molecule has 1 amide bonds. The molecule has 29 heavy (non-hydrogen) atoms. The number of carbonyl (C=O) groups is 2. The minimum absolute atomic E-state index is 0.173. The lowest BCUT2D eigenvalue weighted by molar-refractivity contribution is -0.134. The van der Waals surface area contributed by atoms with Crippen molar-refractivity contribution in [1.82, 2.24) is 10.2 Å². The van der Waals surface area contributed by atoms with Gasteiger partial charge in [-0.25, -0.2) is 8.42 Å². The Balaban J connectivity index is 0.000000321. The third kappa shape index (κ3) is 6.39. The maximum absolute atomic E-state index is 12.5. The Morgan fingerprint density at radius 2 is 1.90 bits per heavy atom. The fourth-order valence-corrected chi connectivity index (χ4v) is 4.00. The normalized spacial score (nSPS) is 20.0. The van der Waals surface area contributed by atoms with Crippen molar-refractivity contribution in [2.75, 3.05) is 37.0 Å². The van der Waals surface area contributed by atoms with Crippen molar-refractivity contribution in [3.05, 3.63) is 30.3 Å². The van der Waals surface area contributed by atoms with E-state index in [9.17, 15) is 22.6 Å². The second kappa shape index (κ2) is 9.53. The number of anilines is 1. The molecule has 1 atom stereocenters. The highest BCUT2D eigenvalue weighted by Crippen LogP contribution is 2.36. The van der Waals surface area contributed by atoms with Crippen LogP contribution in [0.3, 0.4) is 0 Å². The van der Waals surface area contributed by atoms with Crippen LogP contribution in [-0.4, -0.2) is 78.5 Å². The Morgan fingerprint density at radius 1 is 1.31 bits per heavy atom. The first-order chi connectivity index (χ1) is 13.5. The lowest BCUT2D eigenvalue weighted by Crippen LogP contribution is -2.57. The number of hydrogen-bond donors (Lipinski definition) is 3. The minimum Gasteiger partial charge on any atom is -0.748 e. The fraction of sp³-hybridized carbons (Fsp3) is 0.556. The van der Waals surface area contributed by atoms with Gasteiger partial charge in [0, 0.05) is 31.4 Å². The number of piperidine rings is 1. The Labute approximate surface area is 170 Å². The van der Waals surface area contributed by atoms with Gasteiger partial charge in [-0.1, -0.05) is 18.2 Å². The number of carboxylic acid groups (broad SMARTS) is 1. The summed E-state index contributed by atoms with van der Waals surface area (Å²) in [5.41, 5.74) is 6.62. The van der Waals surface area contributed by atoms with Crippen molar-refractivity contribution in [2.45, 2.75) is 31.3 Å². The molecule has 2 heterocycles. The molecular formula is C18H27N4O6S-. The smallest absolute Gasteiger partial charge is 0.317 e. The van der Waals surface area contributed by atoms with Gasteiger partial charge in [0.2, 0.25) is 5.91 Å². The number of benzene rings is 1. The van der Waals surface area contributed by atoms with Gasteiger partial charge in [0.1, 0.15) is 21.4 Å². The van der Waals surface area contributed by atoms with Gasteiger partial charge in [0.15, 0.2) is 0 Å². The molecule has 11 heteroatoms. The molecular weight excluding hydrogens is 400 g/mol. The number of hydrogen-bond acceptors (Lipinski definition) is 8. The maximum atomic E-state index is 12.5. The topological polar surface area (TPSA) is 156 Å². The van der Waals surface area contributed by atoms with Gasteiger partial charge >= 0.3 is 5.97 Å². The number of rotatable bonds is 5. The summed E-state index contributed by atoms with van der Waals surface area (Å²) in [7, 11) is -4.57. The van der Waals surface area contributed by atoms with Crippen molar-refractivity contribution in [3.8, 4) is 0 Å². The molecule has 0 aliphatic carbocycles. The van der Waals surface area contributed by atoms with E-state index < -0.39 is 21.8 Å². The summed E-state index contributed by atoms with van der Waals surface area (Å²) in [6, 6.07) is 10.4. The molecule has 0 aromatic heterocycles. The van der Waals surface area contributed by atoms with Gasteiger partial charge in [-0.15, -0.1) is 0 Å². The number of nitrogens with two attached hydrogens (primary N) is 1. The van der Waals surface area contributed by atoms with Crippen molar-refractivity contribution in [3.63, 3.8) is 0 Å². The monoisotopic (exact) mass is 427 g/mol. The SMILES string of the molecule is C[C@H](N)CN1CCC2(CC1)C(=O)NCN2c1ccccc1.O=C(O)CS(=O)(=O)[O-]. The average molecular weight is 428 g/mol. The Hall–Kier alpha value is -2.21. The van der Waals surface area contributed by atoms with Crippen molar-refractivity contribution >= 4 is 27.7 Å². The molecule has 2 aliphatic rings. The van der Waals surface area contributed by atoms with Crippen LogP contribution in [-0.2, 0) is 19.7 Å². The van der Waals surface area contributed by atoms with Crippen molar-refractivity contribution < 1.29 is 27.7 Å². The highest BCUT2D eigenvalue weighted by molar-refractivity contribution is 7.86. The second-order valence-electron chi connectivity index (χ2n) is 7.33. The Bertz CT molecular complexity index is 807. The third-order valence-corrected chi connectivity index (χ3v) is 5.54. The van der Waals surface area contributed by atoms with E-state index in [1.807, 2.05) is 25.1 Å². The van der Waals surface area contributed by atoms with E-state index in [1.165, 1.54) is 0 Å². The molecule has 1 spiro atoms. The predicted octanol–water partition coefficient (Wildman–Crippen LogP) is -0.622. The molecule has 0 saturated carbocycles. The molecule has 3 rings (SSSR count). The number of aliphatic carboxylic acids is 1. The zero-order valence-electron chi connectivity index (χ0n) is 16.3. The second-order valence-corrected chi connectivity index (χ2v) is 8.74. The summed E-state index contributed by atoms with van der Waals surface area (Å²) in [5.74, 6) is -2.79. The Morgan fingerprint density at radius 3 is 2.34 bits per heavy atom. The lowest BCUT2D eigenvalue weighted by atomic mass is 9.85. The van der Waals surface area contributed by atoms with Crippen molar-refractivity contribution in [1.29, 1.82) is 0 Å². The lowest BCUT2D eigenvalue weighted by Gasteiger charge is -2.43. The van der Waals surface area contributed by atoms with E-state index in [4.69, 9.17) is 10.8 Å². The third-order valence-electron chi connectivity index (χ3n) is 4.93. The van der Waals surface area contributed by atoms with Crippen LogP contribution in [0.2, 0.25) is 0 Å². The summed E-state index contributed by atoms with van der Waals surface area (Å²) in [6.07, 6.45) is 1.72. The van der Waals surface area contributed by atoms with Crippen LogP contribution in [0.15, 0.2) is 30.3 Å². The highest BCUT2D eigenvalue weighted by Gasteiger charge is 2.50. The van der Waals surface area contributed by atoms with E-state index in [0.717, 1.165) is 38.2 Å². The first-order valence-electron chi connectivity index (χ1n) is 9.28. The molecule has 1 aromatic rings. The Kier molecular flexibility index (Phi) is 7.58. The van der Waals surface area contributed by atoms with Gasteiger partial charge in [-0.05, 0) is 31.9 Å². The predicted molar refractivity (Wildman–Crippen MR) is 106 cm³/mol. The van der Waals surface area contributed by atoms with E-state index >= 15 is 0 Å². The number of para-hydroxylation sites is 1. The van der Waals surface area contributed by atoms with Crippen LogP contribution >= 0.6 is 0 Å². The molecule has 4 N–H and O–H groups in total. The molecule has 2 saturated heterocycles. The largest absolute Gasteiger partial charge is 0.748 e. The summed E-state index contributed by atoms with van der Waals surface area (Å²) < 4.78 is 28.5. The van der Waals surface area contributed by atoms with Crippen LogP contribution in [0, 0.1) is 0 Å². The van der Waals surface area contributed by atoms with Crippen LogP contribution in [0.4, 0.5) is 5.69 Å². The van der Waals surface area contributed by atoms with Gasteiger partial charge in [0.05, 0.1) is 6.67 Å². The number of nitrogens with zero attached hydrogens (tertiary/aromatic N) is 2. The van der Waals surface area contributed by atoms with E-state index in [0.29, 0.717) is 6.67 Å². The highest BCUT2D eigenvalue weighted by atomic mass is 32.2. The van der Waals surface area contributed by atoms with Crippen LogP contribution < -0.4 is 16.0 Å². The van der Waals surface area contributed by atoms with Crippen LogP contribution in [0.25, 0.3) is 0 Å². The molecule has 2 aliphatic heterocycles. The number of nitrogens with one attached hydrogen (secondary N) is 1. The zero-order chi connectivity index (χ0) is 21.7. The van der Waals surface area contributed by atoms with Gasteiger partial charge in [-0.3, -0.25) is 9.59 Å². The van der Waals surface area contributed by atoms with E-state index in [-0.39, 0.29) is 17.5 Å². The van der Waals surface area contributed by atoms with Crippen molar-refractivity contribution in [2.24, 2.45) is 5.73 Å². The first-order valence-corrected chi connectivity index (χ1v) is 10.9. The van der Waals surface area contributed by atoms with Gasteiger partial charge in [0.25, 0.3) is 0 Å². The maximum Gasteiger partial charge on any atom is 0.317 e. The number of amides is 1. The number of carboxylic acids is 1. The fourth-order valence-electron chi connectivity index (χ4n) is 3.70. The standard InChI is InChI=1S/C16H24N4O.C2H4O5S/c1-13(17)11-19-9-7-16(8-10-19)15(21)18-12-20(16)14-5-3-2-4-6-14;3-2(4)1-8(5,6)7/h2-6,13H,7-12,17H2,1H3,(H,18,21);1H2,(H,3,4)(H,5,6,7)/p-1/t13-;/m0./s1. The molecule has 162 valence electrons. The summed E-state index contributed by atoms with van der Waals surface area (Å²) in [6.45, 7) is 5.40. The molecule has 10 nitrogen and oxygen atoms in total. The van der Waals surface area contributed by atoms with Gasteiger partial charge < -0.3 is 30.5 Å². The van der Waals surface area contributed by atoms with Gasteiger partial charge in [-0.2, -0.15) is 0 Å². The van der Waals surface area contributed by atoms with Crippen LogP contribution in [0.1, 0.15) is 19.8 Å². The molecule has 2 fully saturated rings. The average Bonchev–Trinajstić information content (AvgIpc) is 2.92. The summed E-state index contributed by atoms with van der Waals surface area (Å²) in [4.78, 5) is 26.5. The van der Waals surface area contributed by atoms with Crippen LogP contribution in [0.5, 0.6) is 0 Å². The zero-order valence-corrected chi connectivity index (χ0v) is 17.1. The van der Waals surface area contributed by atoms with E-state index in [2.05, 4.69) is 27.2 Å². The molecule has 0 bridgehead atoms. The molecule has 0 radical (unpaired) electrons. The first kappa shape index (κ1) is 23.1.